The van der Waals surface area contributed by atoms with E-state index in [4.69, 9.17) is 14.2 Å². The molecule has 0 amide bonds. The summed E-state index contributed by atoms with van der Waals surface area (Å²) in [5.74, 6) is 0.708. The summed E-state index contributed by atoms with van der Waals surface area (Å²) in [6.07, 6.45) is 13.1. The molecule has 0 fully saturated rings. The summed E-state index contributed by atoms with van der Waals surface area (Å²) in [7, 11) is 0. The van der Waals surface area contributed by atoms with E-state index < -0.39 is 5.97 Å². The summed E-state index contributed by atoms with van der Waals surface area (Å²) in [6, 6.07) is 22.6. The number of carbonyl (C=O) groups is 2. The van der Waals surface area contributed by atoms with E-state index in [0.717, 1.165) is 41.7 Å². The third-order valence-corrected chi connectivity index (χ3v) is 7.43. The molecule has 3 aromatic rings. The molecule has 0 spiro atoms. The fourth-order valence-corrected chi connectivity index (χ4v) is 4.78. The highest BCUT2D eigenvalue weighted by Gasteiger charge is 2.13. The Balaban J connectivity index is 1.43. The van der Waals surface area contributed by atoms with E-state index in [1.165, 1.54) is 51.4 Å². The van der Waals surface area contributed by atoms with E-state index in [9.17, 15) is 9.59 Å². The molecular formula is C37H48O5. The molecule has 0 N–H and O–H groups in total. The van der Waals surface area contributed by atoms with E-state index in [0.29, 0.717) is 24.3 Å². The van der Waals surface area contributed by atoms with Gasteiger partial charge in [-0.15, -0.1) is 0 Å². The van der Waals surface area contributed by atoms with Crippen molar-refractivity contribution in [2.75, 3.05) is 6.61 Å². The van der Waals surface area contributed by atoms with Crippen molar-refractivity contribution in [1.29, 1.82) is 0 Å². The zero-order valence-corrected chi connectivity index (χ0v) is 25.7. The Hall–Kier alpha value is -3.60. The first-order valence-corrected chi connectivity index (χ1v) is 15.8. The van der Waals surface area contributed by atoms with E-state index in [1.807, 2.05) is 55.5 Å². The van der Waals surface area contributed by atoms with Crippen molar-refractivity contribution in [2.24, 2.45) is 0 Å². The molecule has 5 nitrogen and oxygen atoms in total. The van der Waals surface area contributed by atoms with Gasteiger partial charge in [0.2, 0.25) is 0 Å². The molecule has 0 aromatic heterocycles. The maximum atomic E-state index is 12.6. The number of unbranched alkanes of at least 4 members (excludes halogenated alkanes) is 9. The van der Waals surface area contributed by atoms with E-state index in [-0.39, 0.29) is 12.1 Å². The SMILES string of the molecule is CCCCCCCCOc1ccc(C(=O)Oc2ccc(-c3ccc(C(C)OC(=O)CCCCCCC)cc3)cc2)cc1. The molecule has 0 aliphatic rings. The van der Waals surface area contributed by atoms with Gasteiger partial charge in [-0.05, 0) is 72.9 Å². The third-order valence-electron chi connectivity index (χ3n) is 7.43. The Kier molecular flexibility index (Phi) is 14.7. The van der Waals surface area contributed by atoms with Gasteiger partial charge >= 0.3 is 11.9 Å². The van der Waals surface area contributed by atoms with Crippen LogP contribution in [-0.4, -0.2) is 18.5 Å². The highest BCUT2D eigenvalue weighted by atomic mass is 16.5. The summed E-state index contributed by atoms with van der Waals surface area (Å²) in [5.41, 5.74) is 3.47. The maximum Gasteiger partial charge on any atom is 0.343 e. The van der Waals surface area contributed by atoms with Crippen LogP contribution in [0.1, 0.15) is 120 Å². The van der Waals surface area contributed by atoms with E-state index in [1.54, 1.807) is 24.3 Å². The largest absolute Gasteiger partial charge is 0.494 e. The smallest absolute Gasteiger partial charge is 0.343 e. The molecule has 0 aliphatic carbocycles. The molecule has 226 valence electrons. The molecule has 1 atom stereocenters. The van der Waals surface area contributed by atoms with Crippen molar-refractivity contribution in [3.63, 3.8) is 0 Å². The lowest BCUT2D eigenvalue weighted by molar-refractivity contribution is -0.148. The zero-order chi connectivity index (χ0) is 30.0. The third kappa shape index (κ3) is 11.7. The average molecular weight is 573 g/mol. The number of carbonyl (C=O) groups excluding carboxylic acids is 2. The number of esters is 2. The zero-order valence-electron chi connectivity index (χ0n) is 25.7. The van der Waals surface area contributed by atoms with Crippen LogP contribution in [-0.2, 0) is 9.53 Å². The maximum absolute atomic E-state index is 12.6. The highest BCUT2D eigenvalue weighted by molar-refractivity contribution is 5.91. The molecule has 1 unspecified atom stereocenters. The van der Waals surface area contributed by atoms with Crippen LogP contribution in [0.15, 0.2) is 72.8 Å². The lowest BCUT2D eigenvalue weighted by Crippen LogP contribution is -2.08. The van der Waals surface area contributed by atoms with Crippen molar-refractivity contribution in [3.05, 3.63) is 83.9 Å². The van der Waals surface area contributed by atoms with Crippen LogP contribution in [0.25, 0.3) is 11.1 Å². The molecule has 0 aliphatic heterocycles. The number of benzene rings is 3. The lowest BCUT2D eigenvalue weighted by Gasteiger charge is -2.14. The first-order valence-electron chi connectivity index (χ1n) is 15.8. The van der Waals surface area contributed by atoms with Gasteiger partial charge < -0.3 is 14.2 Å². The Morgan fingerprint density at radius 1 is 0.619 bits per heavy atom. The number of rotatable bonds is 19. The van der Waals surface area contributed by atoms with Gasteiger partial charge in [-0.2, -0.15) is 0 Å². The Bertz CT molecular complexity index is 1180. The summed E-state index contributed by atoms with van der Waals surface area (Å²) < 4.78 is 17.0. The van der Waals surface area contributed by atoms with Gasteiger partial charge in [-0.25, -0.2) is 4.79 Å². The van der Waals surface area contributed by atoms with Crippen LogP contribution in [0.4, 0.5) is 0 Å². The van der Waals surface area contributed by atoms with Gasteiger partial charge in [0, 0.05) is 6.42 Å². The fraction of sp³-hybridized carbons (Fsp3) is 0.459. The molecule has 42 heavy (non-hydrogen) atoms. The number of hydrogen-bond donors (Lipinski definition) is 0. The minimum absolute atomic E-state index is 0.138. The molecule has 0 heterocycles. The first kappa shape index (κ1) is 32.9. The predicted octanol–water partition coefficient (Wildman–Crippen LogP) is 10.3. The second-order valence-corrected chi connectivity index (χ2v) is 11.0. The minimum atomic E-state index is -0.404. The van der Waals surface area contributed by atoms with Gasteiger partial charge in [-0.3, -0.25) is 4.79 Å². The Morgan fingerprint density at radius 3 is 1.76 bits per heavy atom. The van der Waals surface area contributed by atoms with Crippen LogP contribution >= 0.6 is 0 Å². The molecular weight excluding hydrogens is 524 g/mol. The quantitative estimate of drug-likeness (QED) is 0.0812. The van der Waals surface area contributed by atoms with Crippen LogP contribution in [0, 0.1) is 0 Å². The normalized spacial score (nSPS) is 11.6. The molecule has 3 aromatic carbocycles. The molecule has 5 heteroatoms. The second kappa shape index (κ2) is 18.8. The van der Waals surface area contributed by atoms with E-state index >= 15 is 0 Å². The second-order valence-electron chi connectivity index (χ2n) is 11.0. The summed E-state index contributed by atoms with van der Waals surface area (Å²) in [5, 5.41) is 0. The van der Waals surface area contributed by atoms with Crippen molar-refractivity contribution in [3.8, 4) is 22.6 Å². The monoisotopic (exact) mass is 572 g/mol. The van der Waals surface area contributed by atoms with Gasteiger partial charge in [0.15, 0.2) is 0 Å². The van der Waals surface area contributed by atoms with Crippen molar-refractivity contribution in [1.82, 2.24) is 0 Å². The lowest BCUT2D eigenvalue weighted by atomic mass is 10.0. The summed E-state index contributed by atoms with van der Waals surface area (Å²) >= 11 is 0. The predicted molar refractivity (Wildman–Crippen MR) is 170 cm³/mol. The van der Waals surface area contributed by atoms with Crippen LogP contribution < -0.4 is 9.47 Å². The molecule has 3 rings (SSSR count). The average Bonchev–Trinajstić information content (AvgIpc) is 3.01. The van der Waals surface area contributed by atoms with Gasteiger partial charge in [0.25, 0.3) is 0 Å². The van der Waals surface area contributed by atoms with Crippen molar-refractivity contribution < 1.29 is 23.8 Å². The fourth-order valence-electron chi connectivity index (χ4n) is 4.78. The van der Waals surface area contributed by atoms with Gasteiger partial charge in [0.1, 0.15) is 17.6 Å². The highest BCUT2D eigenvalue weighted by Crippen LogP contribution is 2.26. The summed E-state index contributed by atoms with van der Waals surface area (Å²) in [4.78, 5) is 24.8. The van der Waals surface area contributed by atoms with Crippen molar-refractivity contribution in [2.45, 2.75) is 104 Å². The number of ether oxygens (including phenoxy) is 3. The van der Waals surface area contributed by atoms with Crippen molar-refractivity contribution >= 4 is 11.9 Å². The van der Waals surface area contributed by atoms with Gasteiger partial charge in [-0.1, -0.05) is 108 Å². The Labute approximate surface area is 252 Å². The molecule has 0 saturated heterocycles. The number of hydrogen-bond acceptors (Lipinski definition) is 5. The Morgan fingerprint density at radius 2 is 1.14 bits per heavy atom. The standard InChI is InChI=1S/C37H48O5/c1-4-6-8-10-12-14-28-40-34-24-22-33(23-25-34)37(39)42-35-26-20-32(21-27-35)31-18-16-30(17-19-31)29(3)41-36(38)15-13-11-9-7-5-2/h16-27,29H,4-15,28H2,1-3H3. The summed E-state index contributed by atoms with van der Waals surface area (Å²) in [6.45, 7) is 7.00. The van der Waals surface area contributed by atoms with Crippen LogP contribution in [0.3, 0.4) is 0 Å². The minimum Gasteiger partial charge on any atom is -0.494 e. The van der Waals surface area contributed by atoms with Crippen LogP contribution in [0.5, 0.6) is 11.5 Å². The molecule has 0 radical (unpaired) electrons. The molecule has 0 bridgehead atoms. The molecule has 0 saturated carbocycles. The van der Waals surface area contributed by atoms with Crippen LogP contribution in [0.2, 0.25) is 0 Å². The van der Waals surface area contributed by atoms with Gasteiger partial charge in [0.05, 0.1) is 12.2 Å². The first-order chi connectivity index (χ1) is 20.5. The topological polar surface area (TPSA) is 61.8 Å². The van der Waals surface area contributed by atoms with E-state index in [2.05, 4.69) is 13.8 Å².